The molecule has 1 aliphatic heterocycles. The first kappa shape index (κ1) is 12.4. The van der Waals surface area contributed by atoms with Gasteiger partial charge in [0.05, 0.1) is 6.54 Å². The number of hydrogen-bond donors (Lipinski definition) is 0. The van der Waals surface area contributed by atoms with Gasteiger partial charge in [-0.25, -0.2) is 0 Å². The number of carbonyl (C=O) groups is 2. The molecule has 3 nitrogen and oxygen atoms in total. The molecule has 2 rings (SSSR count). The minimum Gasteiger partial charge on any atom is -0.332 e. The van der Waals surface area contributed by atoms with Gasteiger partial charge in [0.2, 0.25) is 5.91 Å². The quantitative estimate of drug-likeness (QED) is 0.585. The molecule has 0 aromatic heterocycles. The van der Waals surface area contributed by atoms with E-state index in [1.165, 1.54) is 6.92 Å². The first-order valence-corrected chi connectivity index (χ1v) is 6.05. The van der Waals surface area contributed by atoms with Gasteiger partial charge in [-0.3, -0.25) is 9.59 Å². The summed E-state index contributed by atoms with van der Waals surface area (Å²) in [6.07, 6.45) is 1.55. The van der Waals surface area contributed by atoms with Crippen LogP contribution in [0.1, 0.15) is 35.7 Å². The fourth-order valence-electron chi connectivity index (χ4n) is 2.00. The Balaban J connectivity index is 2.10. The molecule has 1 amide bonds. The molecule has 0 spiro atoms. The van der Waals surface area contributed by atoms with Gasteiger partial charge in [0.15, 0.2) is 5.78 Å². The van der Waals surface area contributed by atoms with Crippen molar-refractivity contribution in [2.45, 2.75) is 19.8 Å². The monoisotopic (exact) mass is 241 g/mol. The highest BCUT2D eigenvalue weighted by atomic mass is 16.2. The molecule has 1 aromatic carbocycles. The van der Waals surface area contributed by atoms with Crippen LogP contribution in [0.4, 0.5) is 0 Å². The van der Waals surface area contributed by atoms with Crippen molar-refractivity contribution >= 4 is 11.7 Å². The summed E-state index contributed by atoms with van der Waals surface area (Å²) in [4.78, 5) is 24.6. The first-order chi connectivity index (χ1) is 8.68. The number of hydrogen-bond acceptors (Lipinski definition) is 2. The van der Waals surface area contributed by atoms with Crippen molar-refractivity contribution in [3.63, 3.8) is 0 Å². The van der Waals surface area contributed by atoms with Gasteiger partial charge >= 0.3 is 0 Å². The van der Waals surface area contributed by atoms with E-state index in [1.807, 2.05) is 18.2 Å². The largest absolute Gasteiger partial charge is 0.332 e. The highest BCUT2D eigenvalue weighted by Gasteiger charge is 2.18. The van der Waals surface area contributed by atoms with E-state index < -0.39 is 0 Å². The summed E-state index contributed by atoms with van der Waals surface area (Å²) in [6.45, 7) is 2.78. The van der Waals surface area contributed by atoms with Crippen LogP contribution in [0.5, 0.6) is 0 Å². The highest BCUT2D eigenvalue weighted by Crippen LogP contribution is 2.09. The molecule has 3 heteroatoms. The summed E-state index contributed by atoms with van der Waals surface area (Å²) in [5.74, 6) is 6.13. The molecule has 92 valence electrons. The van der Waals surface area contributed by atoms with E-state index in [2.05, 4.69) is 11.8 Å². The summed E-state index contributed by atoms with van der Waals surface area (Å²) in [5.41, 5.74) is 1.37. The number of ketones is 1. The number of rotatable bonds is 2. The molecule has 1 heterocycles. The van der Waals surface area contributed by atoms with Crippen LogP contribution in [0, 0.1) is 11.8 Å². The Morgan fingerprint density at radius 1 is 1.39 bits per heavy atom. The summed E-state index contributed by atoms with van der Waals surface area (Å²) in [7, 11) is 0. The second-order valence-corrected chi connectivity index (χ2v) is 4.32. The summed E-state index contributed by atoms with van der Waals surface area (Å²) in [5, 5.41) is 0. The zero-order valence-electron chi connectivity index (χ0n) is 10.4. The van der Waals surface area contributed by atoms with Crippen LogP contribution in [0.15, 0.2) is 24.3 Å². The molecule has 0 saturated carbocycles. The maximum atomic E-state index is 11.4. The van der Waals surface area contributed by atoms with Crippen LogP contribution in [-0.4, -0.2) is 29.7 Å². The van der Waals surface area contributed by atoms with Crippen molar-refractivity contribution < 1.29 is 9.59 Å². The van der Waals surface area contributed by atoms with Crippen LogP contribution >= 0.6 is 0 Å². The molecule has 1 fully saturated rings. The second kappa shape index (κ2) is 5.50. The van der Waals surface area contributed by atoms with Crippen molar-refractivity contribution in [1.82, 2.24) is 4.90 Å². The molecule has 0 bridgehead atoms. The van der Waals surface area contributed by atoms with Crippen LogP contribution in [0.25, 0.3) is 0 Å². The molecule has 0 unspecified atom stereocenters. The van der Waals surface area contributed by atoms with Gasteiger partial charge in [-0.1, -0.05) is 30.0 Å². The van der Waals surface area contributed by atoms with E-state index in [0.29, 0.717) is 18.5 Å². The second-order valence-electron chi connectivity index (χ2n) is 4.32. The van der Waals surface area contributed by atoms with Gasteiger partial charge in [-0.15, -0.1) is 0 Å². The SMILES string of the molecule is CC(=O)c1ccccc1C#CCN1CCCC1=O. The lowest BCUT2D eigenvalue weighted by Crippen LogP contribution is -2.24. The highest BCUT2D eigenvalue weighted by molar-refractivity contribution is 5.96. The van der Waals surface area contributed by atoms with E-state index >= 15 is 0 Å². The Labute approximate surface area is 107 Å². The molecule has 1 aromatic rings. The van der Waals surface area contributed by atoms with Crippen molar-refractivity contribution in [3.8, 4) is 11.8 Å². The smallest absolute Gasteiger partial charge is 0.223 e. The third kappa shape index (κ3) is 2.78. The summed E-state index contributed by atoms with van der Waals surface area (Å²) >= 11 is 0. The minimum absolute atomic E-state index is 0.0112. The van der Waals surface area contributed by atoms with Crippen molar-refractivity contribution in [3.05, 3.63) is 35.4 Å². The van der Waals surface area contributed by atoms with Crippen LogP contribution in [-0.2, 0) is 4.79 Å². The summed E-state index contributed by atoms with van der Waals surface area (Å²) < 4.78 is 0. The zero-order chi connectivity index (χ0) is 13.0. The van der Waals surface area contributed by atoms with Gasteiger partial charge in [-0.2, -0.15) is 0 Å². The number of amides is 1. The summed E-state index contributed by atoms with van der Waals surface area (Å²) in [6, 6.07) is 7.28. The molecular formula is C15H15NO2. The maximum absolute atomic E-state index is 11.4. The van der Waals surface area contributed by atoms with E-state index in [9.17, 15) is 9.59 Å². The van der Waals surface area contributed by atoms with Gasteiger partial charge in [0, 0.05) is 24.1 Å². The Kier molecular flexibility index (Phi) is 3.78. The first-order valence-electron chi connectivity index (χ1n) is 6.05. The van der Waals surface area contributed by atoms with Crippen LogP contribution in [0.2, 0.25) is 0 Å². The number of Topliss-reactive ketones (excluding diaryl/α,β-unsaturated/α-hetero) is 1. The minimum atomic E-state index is 0.0112. The average molecular weight is 241 g/mol. The molecule has 1 saturated heterocycles. The maximum Gasteiger partial charge on any atom is 0.223 e. The fourth-order valence-corrected chi connectivity index (χ4v) is 2.00. The lowest BCUT2D eigenvalue weighted by Gasteiger charge is -2.10. The average Bonchev–Trinajstić information content (AvgIpc) is 2.76. The molecule has 18 heavy (non-hydrogen) atoms. The Morgan fingerprint density at radius 2 is 2.17 bits per heavy atom. The number of carbonyl (C=O) groups excluding carboxylic acids is 2. The van der Waals surface area contributed by atoms with Crippen LogP contribution < -0.4 is 0 Å². The van der Waals surface area contributed by atoms with E-state index in [4.69, 9.17) is 0 Å². The Bertz CT molecular complexity index is 537. The van der Waals surface area contributed by atoms with E-state index in [-0.39, 0.29) is 11.7 Å². The Hall–Kier alpha value is -2.08. The van der Waals surface area contributed by atoms with Gasteiger partial charge in [-0.05, 0) is 19.4 Å². The predicted octanol–water partition coefficient (Wildman–Crippen LogP) is 1.86. The van der Waals surface area contributed by atoms with Crippen molar-refractivity contribution in [2.75, 3.05) is 13.1 Å². The topological polar surface area (TPSA) is 37.4 Å². The third-order valence-corrected chi connectivity index (χ3v) is 2.97. The molecular weight excluding hydrogens is 226 g/mol. The molecule has 0 radical (unpaired) electrons. The molecule has 1 aliphatic rings. The van der Waals surface area contributed by atoms with Crippen molar-refractivity contribution in [1.29, 1.82) is 0 Å². The van der Waals surface area contributed by atoms with Crippen LogP contribution in [0.3, 0.4) is 0 Å². The van der Waals surface area contributed by atoms with Crippen molar-refractivity contribution in [2.24, 2.45) is 0 Å². The predicted molar refractivity (Wildman–Crippen MR) is 69.1 cm³/mol. The van der Waals surface area contributed by atoms with E-state index in [0.717, 1.165) is 18.5 Å². The standard InChI is InChI=1S/C15H15NO2/c1-12(17)14-8-3-2-6-13(14)7-4-10-16-11-5-9-15(16)18/h2-3,6,8H,5,9-11H2,1H3. The third-order valence-electron chi connectivity index (χ3n) is 2.97. The number of likely N-dealkylation sites (tertiary alicyclic amines) is 1. The Morgan fingerprint density at radius 3 is 2.83 bits per heavy atom. The molecule has 0 N–H and O–H groups in total. The fraction of sp³-hybridized carbons (Fsp3) is 0.333. The zero-order valence-corrected chi connectivity index (χ0v) is 10.4. The molecule has 0 atom stereocenters. The lowest BCUT2D eigenvalue weighted by atomic mass is 10.1. The normalized spacial score (nSPS) is 14.3. The van der Waals surface area contributed by atoms with Gasteiger partial charge < -0.3 is 4.90 Å². The number of benzene rings is 1. The van der Waals surface area contributed by atoms with Gasteiger partial charge in [0.25, 0.3) is 0 Å². The molecule has 0 aliphatic carbocycles. The lowest BCUT2D eigenvalue weighted by molar-refractivity contribution is -0.127. The number of nitrogens with zero attached hydrogens (tertiary/aromatic N) is 1. The van der Waals surface area contributed by atoms with E-state index in [1.54, 1.807) is 11.0 Å². The van der Waals surface area contributed by atoms with Gasteiger partial charge in [0.1, 0.15) is 0 Å².